The van der Waals surface area contributed by atoms with Gasteiger partial charge in [-0.1, -0.05) is 42.0 Å². The summed E-state index contributed by atoms with van der Waals surface area (Å²) in [6.45, 7) is 1.85. The summed E-state index contributed by atoms with van der Waals surface area (Å²) in [5.41, 5.74) is 2.21. The smallest absolute Gasteiger partial charge is 0.545 e. The zero-order valence-electron chi connectivity index (χ0n) is 20.7. The fraction of sp³-hybridized carbons (Fsp3) is 0.107. The largest absolute Gasteiger partial charge is 1.00 e. The van der Waals surface area contributed by atoms with E-state index in [2.05, 4.69) is 12.0 Å². The molecule has 0 aliphatic carbocycles. The fourth-order valence-electron chi connectivity index (χ4n) is 3.61. The number of ether oxygens (including phenoxy) is 1. The van der Waals surface area contributed by atoms with Gasteiger partial charge in [0, 0.05) is 24.0 Å². The van der Waals surface area contributed by atoms with E-state index in [0.29, 0.717) is 22.6 Å². The van der Waals surface area contributed by atoms with Crippen molar-refractivity contribution in [2.75, 3.05) is 7.11 Å². The Morgan fingerprint density at radius 2 is 1.62 bits per heavy atom. The molecule has 4 rings (SSSR count). The van der Waals surface area contributed by atoms with E-state index < -0.39 is 16.0 Å². The number of sulfonamides is 1. The second-order valence-electron chi connectivity index (χ2n) is 7.99. The maximum absolute atomic E-state index is 13.6. The van der Waals surface area contributed by atoms with Crippen LogP contribution in [0, 0.1) is 18.9 Å². The number of hydrogen-bond acceptors (Lipinski definition) is 5. The zero-order valence-corrected chi connectivity index (χ0v) is 21.5. The van der Waals surface area contributed by atoms with E-state index in [1.807, 2.05) is 6.92 Å². The number of methoxy groups -OCH3 is 1. The fourth-order valence-corrected chi connectivity index (χ4v) is 4.83. The van der Waals surface area contributed by atoms with Gasteiger partial charge in [-0.25, -0.2) is 12.7 Å². The van der Waals surface area contributed by atoms with Crippen LogP contribution in [-0.4, -0.2) is 30.4 Å². The number of nitrogens with zero attached hydrogens (tertiary/aromatic N) is 2. The molecule has 0 N–H and O–H groups in total. The summed E-state index contributed by atoms with van der Waals surface area (Å²) in [4.78, 5) is 11.9. The first-order chi connectivity index (χ1) is 17.3. The van der Waals surface area contributed by atoms with Gasteiger partial charge in [0.2, 0.25) is 0 Å². The summed E-state index contributed by atoms with van der Waals surface area (Å²) in [5, 5.41) is 11.8. The topological polar surface area (TPSA) is 91.7 Å². The second-order valence-corrected chi connectivity index (χ2v) is 9.85. The van der Waals surface area contributed by atoms with E-state index in [9.17, 15) is 18.3 Å². The molecule has 182 valence electrons. The van der Waals surface area contributed by atoms with Crippen molar-refractivity contribution >= 4 is 16.0 Å². The molecule has 4 aromatic rings. The Labute approximate surface area is 228 Å². The van der Waals surface area contributed by atoms with Gasteiger partial charge in [-0.15, -0.1) is 0 Å². The molecule has 3 aromatic carbocycles. The number of aromatic nitrogens is 1. The monoisotopic (exact) mass is 506 g/mol. The number of rotatable bonds is 7. The Morgan fingerprint density at radius 1 is 0.973 bits per heavy atom. The van der Waals surface area contributed by atoms with E-state index in [-0.39, 0.29) is 35.9 Å². The summed E-state index contributed by atoms with van der Waals surface area (Å²) in [5.74, 6) is 2.18. The van der Waals surface area contributed by atoms with Crippen LogP contribution in [0.25, 0.3) is 5.69 Å². The quantitative estimate of drug-likeness (QED) is 0.205. The third kappa shape index (κ3) is 6.28. The molecule has 1 heterocycles. The van der Waals surface area contributed by atoms with Gasteiger partial charge in [-0.2, -0.15) is 0 Å². The zero-order chi connectivity index (χ0) is 25.7. The minimum Gasteiger partial charge on any atom is -0.545 e. The minimum absolute atomic E-state index is 0. The third-order valence-electron chi connectivity index (χ3n) is 5.53. The number of aryl methyl sites for hydroxylation is 1. The standard InChI is InChI=1S/C28H24N2O5S.Li/c1-21-8-14-25(15-9-21)36(33,34)30(20-22-10-12-24(35-2)13-11-22)19-16-23-6-5-7-26(28(31)32)27(23)29-17-3-4-18-29;/h3-15,17-18H,20H2,1-2H3,(H,31,32);/q;+1/p-1. The number of carbonyl (C=O) groups is 1. The first-order valence-corrected chi connectivity index (χ1v) is 12.5. The van der Waals surface area contributed by atoms with E-state index >= 15 is 0 Å². The number of benzene rings is 3. The average Bonchev–Trinajstić information content (AvgIpc) is 3.41. The van der Waals surface area contributed by atoms with Gasteiger partial charge in [-0.05, 0) is 60.9 Å². The van der Waals surface area contributed by atoms with Gasteiger partial charge in [0.25, 0.3) is 10.0 Å². The minimum atomic E-state index is -4.00. The molecule has 37 heavy (non-hydrogen) atoms. The molecule has 0 radical (unpaired) electrons. The van der Waals surface area contributed by atoms with Crippen LogP contribution in [0.2, 0.25) is 0 Å². The van der Waals surface area contributed by atoms with Gasteiger partial charge in [0.1, 0.15) is 5.75 Å². The second kappa shape index (κ2) is 11.9. The van der Waals surface area contributed by atoms with Gasteiger partial charge >= 0.3 is 18.9 Å². The van der Waals surface area contributed by atoms with Crippen LogP contribution < -0.4 is 28.7 Å². The van der Waals surface area contributed by atoms with Gasteiger partial charge in [0.15, 0.2) is 0 Å². The SMILES string of the molecule is COc1ccc(CN(C#Cc2cccc(C(=O)[O-])c2-n2cccc2)S(=O)(=O)c2ccc(C)cc2)cc1.[Li+]. The van der Waals surface area contributed by atoms with E-state index in [4.69, 9.17) is 4.74 Å². The third-order valence-corrected chi connectivity index (χ3v) is 7.20. The van der Waals surface area contributed by atoms with Crippen molar-refractivity contribution in [3.8, 4) is 23.4 Å². The van der Waals surface area contributed by atoms with Gasteiger partial charge in [0.05, 0.1) is 35.8 Å². The molecule has 0 aliphatic heterocycles. The molecule has 0 atom stereocenters. The molecular formula is C28H23LiN2O5S. The molecule has 0 unspecified atom stereocenters. The van der Waals surface area contributed by atoms with Gasteiger partial charge in [-0.3, -0.25) is 0 Å². The number of aromatic carboxylic acids is 1. The number of carbonyl (C=O) groups excluding carboxylic acids is 1. The number of carboxylic acid groups (broad SMARTS) is 1. The van der Waals surface area contributed by atoms with E-state index in [1.165, 1.54) is 18.2 Å². The Balaban J connectivity index is 0.00000380. The van der Waals surface area contributed by atoms with E-state index in [0.717, 1.165) is 9.87 Å². The maximum atomic E-state index is 13.6. The molecule has 0 aliphatic rings. The van der Waals surface area contributed by atoms with Crippen molar-refractivity contribution in [2.24, 2.45) is 0 Å². The molecule has 0 amide bonds. The molecule has 0 saturated heterocycles. The Hall–Kier alpha value is -3.88. The first kappa shape index (κ1) is 27.7. The Morgan fingerprint density at radius 3 is 2.22 bits per heavy atom. The normalized spacial score (nSPS) is 10.5. The molecule has 0 spiro atoms. The predicted molar refractivity (Wildman–Crippen MR) is 134 cm³/mol. The van der Waals surface area contributed by atoms with Crippen LogP contribution >= 0.6 is 0 Å². The number of carboxylic acids is 1. The number of para-hydroxylation sites is 1. The molecule has 7 nitrogen and oxygen atoms in total. The molecule has 1 aromatic heterocycles. The molecule has 0 bridgehead atoms. The van der Waals surface area contributed by atoms with Crippen molar-refractivity contribution in [3.05, 3.63) is 114 Å². The van der Waals surface area contributed by atoms with Crippen molar-refractivity contribution in [1.82, 2.24) is 8.87 Å². The average molecular weight is 507 g/mol. The van der Waals surface area contributed by atoms with Crippen molar-refractivity contribution in [2.45, 2.75) is 18.4 Å². The molecule has 9 heteroatoms. The maximum Gasteiger partial charge on any atom is 1.00 e. The summed E-state index contributed by atoms with van der Waals surface area (Å²) >= 11 is 0. The summed E-state index contributed by atoms with van der Waals surface area (Å²) in [6, 6.07) is 24.4. The van der Waals surface area contributed by atoms with Crippen LogP contribution in [0.5, 0.6) is 5.75 Å². The van der Waals surface area contributed by atoms with Crippen LogP contribution in [0.1, 0.15) is 27.0 Å². The molecular weight excluding hydrogens is 483 g/mol. The summed E-state index contributed by atoms with van der Waals surface area (Å²) in [7, 11) is -2.45. The van der Waals surface area contributed by atoms with Crippen LogP contribution in [-0.2, 0) is 16.6 Å². The first-order valence-electron chi connectivity index (χ1n) is 11.0. The van der Waals surface area contributed by atoms with Crippen molar-refractivity contribution < 1.29 is 41.9 Å². The summed E-state index contributed by atoms with van der Waals surface area (Å²) in [6.07, 6.45) is 3.37. The van der Waals surface area contributed by atoms with Gasteiger partial charge < -0.3 is 19.2 Å². The Bertz CT molecular complexity index is 1540. The Kier molecular flexibility index (Phi) is 8.91. The van der Waals surface area contributed by atoms with Crippen LogP contribution in [0.4, 0.5) is 0 Å². The molecule has 0 saturated carbocycles. The number of hydrogen-bond donors (Lipinski definition) is 0. The van der Waals surface area contributed by atoms with Crippen LogP contribution in [0.15, 0.2) is 96.2 Å². The van der Waals surface area contributed by atoms with Crippen molar-refractivity contribution in [3.63, 3.8) is 0 Å². The van der Waals surface area contributed by atoms with Crippen molar-refractivity contribution in [1.29, 1.82) is 0 Å². The predicted octanol–water partition coefficient (Wildman–Crippen LogP) is 0.362. The van der Waals surface area contributed by atoms with E-state index in [1.54, 1.807) is 84.7 Å². The van der Waals surface area contributed by atoms with Crippen LogP contribution in [0.3, 0.4) is 0 Å². The molecule has 0 fully saturated rings. The summed E-state index contributed by atoms with van der Waals surface area (Å²) < 4.78 is 35.0.